The van der Waals surface area contributed by atoms with Crippen LogP contribution in [0.15, 0.2) is 0 Å². The van der Waals surface area contributed by atoms with Gasteiger partial charge >= 0.3 is 0 Å². The second-order valence-corrected chi connectivity index (χ2v) is 6.47. The van der Waals surface area contributed by atoms with Gasteiger partial charge in [0, 0.05) is 12.6 Å². The smallest absolute Gasteiger partial charge is 0.0697 e. The fourth-order valence-electron chi connectivity index (χ4n) is 3.84. The molecule has 17 heavy (non-hydrogen) atoms. The monoisotopic (exact) mass is 237 g/mol. The Labute approximate surface area is 105 Å². The highest BCUT2D eigenvalue weighted by molar-refractivity contribution is 4.93. The average molecular weight is 237 g/mol. The molecule has 2 heteroatoms. The Hall–Kier alpha value is -0.0800. The molecule has 0 bridgehead atoms. The van der Waals surface area contributed by atoms with Gasteiger partial charge in [0.1, 0.15) is 0 Å². The lowest BCUT2D eigenvalue weighted by atomic mass is 9.83. The van der Waals surface area contributed by atoms with E-state index in [4.69, 9.17) is 4.74 Å². The normalized spacial score (nSPS) is 32.8. The van der Waals surface area contributed by atoms with Crippen molar-refractivity contribution < 1.29 is 4.74 Å². The minimum Gasteiger partial charge on any atom is -0.375 e. The van der Waals surface area contributed by atoms with Gasteiger partial charge in [0.25, 0.3) is 0 Å². The third-order valence-corrected chi connectivity index (χ3v) is 5.22. The zero-order chi connectivity index (χ0) is 11.6. The highest BCUT2D eigenvalue weighted by atomic mass is 16.5. The van der Waals surface area contributed by atoms with Gasteiger partial charge in [0.2, 0.25) is 0 Å². The molecule has 1 N–H and O–H groups in total. The molecule has 2 aliphatic carbocycles. The minimum atomic E-state index is 0.284. The van der Waals surface area contributed by atoms with Crippen molar-refractivity contribution in [3.05, 3.63) is 0 Å². The van der Waals surface area contributed by atoms with Crippen molar-refractivity contribution in [1.82, 2.24) is 5.32 Å². The summed E-state index contributed by atoms with van der Waals surface area (Å²) in [6.45, 7) is 2.23. The number of nitrogens with one attached hydrogen (secondary N) is 1. The van der Waals surface area contributed by atoms with Crippen molar-refractivity contribution in [1.29, 1.82) is 0 Å². The molecule has 2 nitrogen and oxygen atoms in total. The highest BCUT2D eigenvalue weighted by Gasteiger charge is 2.39. The molecule has 1 atom stereocenters. The maximum absolute atomic E-state index is 6.08. The second-order valence-electron chi connectivity index (χ2n) is 6.47. The summed E-state index contributed by atoms with van der Waals surface area (Å²) in [4.78, 5) is 0. The molecule has 0 aromatic rings. The lowest BCUT2D eigenvalue weighted by Gasteiger charge is -2.39. The van der Waals surface area contributed by atoms with Crippen LogP contribution in [0.25, 0.3) is 0 Å². The van der Waals surface area contributed by atoms with E-state index >= 15 is 0 Å². The topological polar surface area (TPSA) is 21.3 Å². The third kappa shape index (κ3) is 2.85. The summed E-state index contributed by atoms with van der Waals surface area (Å²) in [6, 6.07) is 0.738. The van der Waals surface area contributed by atoms with Crippen LogP contribution in [-0.4, -0.2) is 24.8 Å². The Morgan fingerprint density at radius 2 is 1.88 bits per heavy atom. The summed E-state index contributed by atoms with van der Waals surface area (Å²) in [5.74, 6) is 1.04. The first-order chi connectivity index (χ1) is 8.36. The van der Waals surface area contributed by atoms with Crippen molar-refractivity contribution in [3.63, 3.8) is 0 Å². The maximum atomic E-state index is 6.08. The van der Waals surface area contributed by atoms with Gasteiger partial charge in [-0.15, -0.1) is 0 Å². The molecule has 2 saturated carbocycles. The summed E-state index contributed by atoms with van der Waals surface area (Å²) in [7, 11) is 0. The molecular weight excluding hydrogens is 210 g/mol. The first-order valence-electron chi connectivity index (χ1n) is 7.74. The molecular formula is C15H27NO. The molecule has 0 aromatic heterocycles. The Morgan fingerprint density at radius 1 is 1.06 bits per heavy atom. The van der Waals surface area contributed by atoms with E-state index in [9.17, 15) is 0 Å². The molecule has 98 valence electrons. The predicted molar refractivity (Wildman–Crippen MR) is 70.1 cm³/mol. The van der Waals surface area contributed by atoms with Crippen molar-refractivity contribution >= 4 is 0 Å². The van der Waals surface area contributed by atoms with Crippen molar-refractivity contribution in [3.8, 4) is 0 Å². The van der Waals surface area contributed by atoms with Crippen LogP contribution < -0.4 is 5.32 Å². The van der Waals surface area contributed by atoms with Crippen LogP contribution >= 0.6 is 0 Å². The molecule has 1 saturated heterocycles. The SMILES string of the molecule is C1CC(CCNC2CCOC3(CCCC3)C2)C1. The van der Waals surface area contributed by atoms with E-state index < -0.39 is 0 Å². The number of rotatable bonds is 4. The van der Waals surface area contributed by atoms with E-state index in [1.54, 1.807) is 0 Å². The summed E-state index contributed by atoms with van der Waals surface area (Å²) in [5, 5.41) is 3.79. The third-order valence-electron chi connectivity index (χ3n) is 5.22. The van der Waals surface area contributed by atoms with E-state index in [2.05, 4.69) is 5.32 Å². The van der Waals surface area contributed by atoms with Crippen molar-refractivity contribution in [2.75, 3.05) is 13.2 Å². The summed E-state index contributed by atoms with van der Waals surface area (Å²) in [6.07, 6.45) is 13.8. The van der Waals surface area contributed by atoms with Gasteiger partial charge in [-0.3, -0.25) is 0 Å². The number of hydrogen-bond acceptors (Lipinski definition) is 2. The first kappa shape index (κ1) is 12.0. The van der Waals surface area contributed by atoms with Gasteiger partial charge in [-0.2, -0.15) is 0 Å². The van der Waals surface area contributed by atoms with E-state index in [1.165, 1.54) is 70.8 Å². The fraction of sp³-hybridized carbons (Fsp3) is 1.00. The highest BCUT2D eigenvalue weighted by Crippen LogP contribution is 2.40. The maximum Gasteiger partial charge on any atom is 0.0697 e. The van der Waals surface area contributed by atoms with Crippen LogP contribution in [0.4, 0.5) is 0 Å². The van der Waals surface area contributed by atoms with E-state index in [0.29, 0.717) is 0 Å². The molecule has 0 radical (unpaired) electrons. The second kappa shape index (κ2) is 5.27. The van der Waals surface area contributed by atoms with Crippen LogP contribution in [-0.2, 0) is 4.74 Å². The molecule has 0 amide bonds. The lowest BCUT2D eigenvalue weighted by molar-refractivity contribution is -0.0836. The van der Waals surface area contributed by atoms with Gasteiger partial charge in [0.15, 0.2) is 0 Å². The standard InChI is InChI=1S/C15H27NO/c1-2-9-15(8-1)12-14(7-11-17-15)16-10-6-13-4-3-5-13/h13-14,16H,1-12H2. The number of ether oxygens (including phenoxy) is 1. The fourth-order valence-corrected chi connectivity index (χ4v) is 3.84. The van der Waals surface area contributed by atoms with Gasteiger partial charge in [0.05, 0.1) is 5.60 Å². The van der Waals surface area contributed by atoms with Crippen LogP contribution in [0.5, 0.6) is 0 Å². The predicted octanol–water partition coefficient (Wildman–Crippen LogP) is 3.26. The van der Waals surface area contributed by atoms with Crippen molar-refractivity contribution in [2.45, 2.75) is 75.9 Å². The Morgan fingerprint density at radius 3 is 2.59 bits per heavy atom. The minimum absolute atomic E-state index is 0.284. The zero-order valence-electron chi connectivity index (χ0n) is 11.0. The van der Waals surface area contributed by atoms with E-state index in [1.807, 2.05) is 0 Å². The van der Waals surface area contributed by atoms with Gasteiger partial charge in [-0.1, -0.05) is 32.1 Å². The quantitative estimate of drug-likeness (QED) is 0.810. The Balaban J connectivity index is 1.40. The molecule has 3 rings (SSSR count). The summed E-state index contributed by atoms with van der Waals surface area (Å²) >= 11 is 0. The molecule has 0 aromatic carbocycles. The molecule has 3 aliphatic rings. The van der Waals surface area contributed by atoms with E-state index in [0.717, 1.165) is 18.6 Å². The van der Waals surface area contributed by atoms with Crippen LogP contribution in [0.2, 0.25) is 0 Å². The van der Waals surface area contributed by atoms with Crippen LogP contribution in [0.1, 0.15) is 64.2 Å². The first-order valence-corrected chi connectivity index (χ1v) is 7.74. The van der Waals surface area contributed by atoms with Gasteiger partial charge in [-0.25, -0.2) is 0 Å². The zero-order valence-corrected chi connectivity index (χ0v) is 11.0. The average Bonchev–Trinajstić information content (AvgIpc) is 2.70. The molecule has 3 fully saturated rings. The lowest BCUT2D eigenvalue weighted by Crippen LogP contribution is -2.46. The van der Waals surface area contributed by atoms with Gasteiger partial charge < -0.3 is 10.1 Å². The summed E-state index contributed by atoms with van der Waals surface area (Å²) < 4.78 is 6.08. The molecule has 1 spiro atoms. The van der Waals surface area contributed by atoms with Crippen LogP contribution in [0.3, 0.4) is 0 Å². The Bertz CT molecular complexity index is 243. The van der Waals surface area contributed by atoms with Crippen molar-refractivity contribution in [2.24, 2.45) is 5.92 Å². The van der Waals surface area contributed by atoms with E-state index in [-0.39, 0.29) is 5.60 Å². The number of hydrogen-bond donors (Lipinski definition) is 1. The Kier molecular flexibility index (Phi) is 3.72. The molecule has 1 heterocycles. The molecule has 1 unspecified atom stereocenters. The van der Waals surface area contributed by atoms with Gasteiger partial charge in [-0.05, 0) is 44.6 Å². The largest absolute Gasteiger partial charge is 0.375 e. The summed E-state index contributed by atoms with van der Waals surface area (Å²) in [5.41, 5.74) is 0.284. The van der Waals surface area contributed by atoms with Crippen LogP contribution in [0, 0.1) is 5.92 Å². The molecule has 1 aliphatic heterocycles.